The minimum atomic E-state index is -0.255. The summed E-state index contributed by atoms with van der Waals surface area (Å²) in [7, 11) is 0. The maximum Gasteiger partial charge on any atom is 0.273 e. The summed E-state index contributed by atoms with van der Waals surface area (Å²) in [5.41, 5.74) is 0.413. The van der Waals surface area contributed by atoms with E-state index >= 15 is 0 Å². The number of hydrogen-bond donors (Lipinski definition) is 0. The molecule has 1 amide bonds. The zero-order chi connectivity index (χ0) is 13.5. The molecule has 0 N–H and O–H groups in total. The van der Waals surface area contributed by atoms with Crippen LogP contribution in [0.3, 0.4) is 0 Å². The molecular formula is C14H20N2O2. The van der Waals surface area contributed by atoms with Gasteiger partial charge in [-0.05, 0) is 31.9 Å². The minimum absolute atomic E-state index is 0.0572. The summed E-state index contributed by atoms with van der Waals surface area (Å²) >= 11 is 0. The molecule has 1 fully saturated rings. The van der Waals surface area contributed by atoms with E-state index in [0.717, 1.165) is 12.8 Å². The Morgan fingerprint density at radius 2 is 2.06 bits per heavy atom. The van der Waals surface area contributed by atoms with Gasteiger partial charge in [0.05, 0.1) is 6.04 Å². The number of hydrogen-bond acceptors (Lipinski definition) is 3. The van der Waals surface area contributed by atoms with Crippen molar-refractivity contribution in [2.75, 3.05) is 6.54 Å². The highest BCUT2D eigenvalue weighted by Crippen LogP contribution is 2.19. The van der Waals surface area contributed by atoms with Gasteiger partial charge in [-0.1, -0.05) is 19.9 Å². The van der Waals surface area contributed by atoms with Crippen LogP contribution in [0.1, 0.15) is 44.1 Å². The average Bonchev–Trinajstić information content (AvgIpc) is 2.90. The Bertz CT molecular complexity index is 404. The highest BCUT2D eigenvalue weighted by atomic mass is 16.2. The Balaban J connectivity index is 0.000000771. The van der Waals surface area contributed by atoms with Gasteiger partial charge in [-0.15, -0.1) is 0 Å². The van der Waals surface area contributed by atoms with Crippen molar-refractivity contribution in [1.82, 2.24) is 9.88 Å². The molecule has 2 rings (SSSR count). The van der Waals surface area contributed by atoms with E-state index in [9.17, 15) is 9.59 Å². The van der Waals surface area contributed by atoms with E-state index in [0.29, 0.717) is 12.2 Å². The second-order valence-electron chi connectivity index (χ2n) is 3.98. The summed E-state index contributed by atoms with van der Waals surface area (Å²) in [6.45, 7) is 6.19. The first-order valence-corrected chi connectivity index (χ1v) is 6.42. The lowest BCUT2D eigenvalue weighted by molar-refractivity contribution is -0.120. The largest absolute Gasteiger partial charge is 0.327 e. The van der Waals surface area contributed by atoms with Gasteiger partial charge in [0.2, 0.25) is 0 Å². The molecule has 1 aliphatic rings. The van der Waals surface area contributed by atoms with Gasteiger partial charge >= 0.3 is 0 Å². The summed E-state index contributed by atoms with van der Waals surface area (Å²) in [4.78, 5) is 29.1. The van der Waals surface area contributed by atoms with Crippen molar-refractivity contribution in [1.29, 1.82) is 0 Å². The van der Waals surface area contributed by atoms with E-state index in [1.165, 1.54) is 6.92 Å². The van der Waals surface area contributed by atoms with Crippen molar-refractivity contribution in [2.45, 2.75) is 39.7 Å². The van der Waals surface area contributed by atoms with Crippen LogP contribution in [-0.4, -0.2) is 34.2 Å². The fourth-order valence-corrected chi connectivity index (χ4v) is 2.07. The maximum atomic E-state index is 12.1. The van der Waals surface area contributed by atoms with Crippen LogP contribution in [-0.2, 0) is 4.79 Å². The van der Waals surface area contributed by atoms with E-state index in [1.807, 2.05) is 13.8 Å². The smallest absolute Gasteiger partial charge is 0.273 e. The highest BCUT2D eigenvalue weighted by Gasteiger charge is 2.32. The first kappa shape index (κ1) is 14.4. The molecule has 4 heteroatoms. The van der Waals surface area contributed by atoms with Crippen molar-refractivity contribution in [3.63, 3.8) is 0 Å². The lowest BCUT2D eigenvalue weighted by atomic mass is 10.1. The normalized spacial score (nSPS) is 17.9. The number of pyridine rings is 1. The lowest BCUT2D eigenvalue weighted by Crippen LogP contribution is -2.39. The molecule has 0 radical (unpaired) electrons. The van der Waals surface area contributed by atoms with Crippen LogP contribution < -0.4 is 0 Å². The number of Topliss-reactive ketones (excluding diaryl/α,β-unsaturated/α-hetero) is 1. The third kappa shape index (κ3) is 3.15. The summed E-state index contributed by atoms with van der Waals surface area (Å²) < 4.78 is 0. The SMILES string of the molecule is CC.CC(=O)C1CCCN1C(=O)c1ccccn1. The Hall–Kier alpha value is -1.71. The molecule has 0 aliphatic carbocycles. The van der Waals surface area contributed by atoms with Gasteiger partial charge in [0.15, 0.2) is 5.78 Å². The fourth-order valence-electron chi connectivity index (χ4n) is 2.07. The van der Waals surface area contributed by atoms with E-state index in [1.54, 1.807) is 29.3 Å². The molecule has 1 aromatic rings. The van der Waals surface area contributed by atoms with Gasteiger partial charge in [-0.2, -0.15) is 0 Å². The first-order chi connectivity index (χ1) is 8.70. The molecule has 1 aliphatic heterocycles. The summed E-state index contributed by atoms with van der Waals surface area (Å²) in [6, 6.07) is 4.97. The number of carbonyl (C=O) groups excluding carboxylic acids is 2. The number of nitrogens with zero attached hydrogens (tertiary/aromatic N) is 2. The highest BCUT2D eigenvalue weighted by molar-refractivity contribution is 5.96. The van der Waals surface area contributed by atoms with Crippen molar-refractivity contribution in [3.05, 3.63) is 30.1 Å². The molecule has 0 aromatic carbocycles. The molecule has 1 saturated heterocycles. The average molecular weight is 248 g/mol. The zero-order valence-corrected chi connectivity index (χ0v) is 11.2. The lowest BCUT2D eigenvalue weighted by Gasteiger charge is -2.21. The van der Waals surface area contributed by atoms with Crippen LogP contribution in [0, 0.1) is 0 Å². The molecular weight excluding hydrogens is 228 g/mol. The topological polar surface area (TPSA) is 50.3 Å². The van der Waals surface area contributed by atoms with Crippen molar-refractivity contribution >= 4 is 11.7 Å². The van der Waals surface area contributed by atoms with Crippen molar-refractivity contribution in [2.24, 2.45) is 0 Å². The second-order valence-corrected chi connectivity index (χ2v) is 3.98. The third-order valence-corrected chi connectivity index (χ3v) is 2.87. The maximum absolute atomic E-state index is 12.1. The predicted octanol–water partition coefficient (Wildman–Crippen LogP) is 2.30. The molecule has 1 atom stereocenters. The summed E-state index contributed by atoms with van der Waals surface area (Å²) in [5, 5.41) is 0. The van der Waals surface area contributed by atoms with Crippen LogP contribution >= 0.6 is 0 Å². The molecule has 4 nitrogen and oxygen atoms in total. The standard InChI is InChI=1S/C12H14N2O2.C2H6/c1-9(15)11-6-4-8-14(11)12(16)10-5-2-3-7-13-10;1-2/h2-3,5,7,11H,4,6,8H2,1H3;1-2H3. The van der Waals surface area contributed by atoms with E-state index < -0.39 is 0 Å². The van der Waals surface area contributed by atoms with Gasteiger partial charge in [-0.3, -0.25) is 14.6 Å². The number of rotatable bonds is 2. The minimum Gasteiger partial charge on any atom is -0.327 e. The number of likely N-dealkylation sites (tertiary alicyclic amines) is 1. The van der Waals surface area contributed by atoms with Crippen LogP contribution in [0.15, 0.2) is 24.4 Å². The monoisotopic (exact) mass is 248 g/mol. The Labute approximate surface area is 108 Å². The molecule has 98 valence electrons. The Morgan fingerprint density at radius 3 is 2.61 bits per heavy atom. The number of amides is 1. The van der Waals surface area contributed by atoms with Crippen LogP contribution in [0.5, 0.6) is 0 Å². The van der Waals surface area contributed by atoms with Crippen LogP contribution in [0.4, 0.5) is 0 Å². The van der Waals surface area contributed by atoms with Crippen LogP contribution in [0.25, 0.3) is 0 Å². The quantitative estimate of drug-likeness (QED) is 0.807. The zero-order valence-electron chi connectivity index (χ0n) is 11.2. The first-order valence-electron chi connectivity index (χ1n) is 6.42. The molecule has 0 bridgehead atoms. The molecule has 0 saturated carbocycles. The Kier molecular flexibility index (Phi) is 5.49. The molecule has 2 heterocycles. The van der Waals surface area contributed by atoms with Gasteiger partial charge in [0.1, 0.15) is 5.69 Å². The van der Waals surface area contributed by atoms with Crippen molar-refractivity contribution in [3.8, 4) is 0 Å². The third-order valence-electron chi connectivity index (χ3n) is 2.87. The van der Waals surface area contributed by atoms with Gasteiger partial charge in [0.25, 0.3) is 5.91 Å². The van der Waals surface area contributed by atoms with E-state index in [-0.39, 0.29) is 17.7 Å². The fraction of sp³-hybridized carbons (Fsp3) is 0.500. The second kappa shape index (κ2) is 6.89. The number of aromatic nitrogens is 1. The van der Waals surface area contributed by atoms with Crippen molar-refractivity contribution < 1.29 is 9.59 Å². The number of carbonyl (C=O) groups is 2. The number of ketones is 1. The van der Waals surface area contributed by atoms with Gasteiger partial charge in [-0.25, -0.2) is 0 Å². The Morgan fingerprint density at radius 1 is 1.33 bits per heavy atom. The predicted molar refractivity (Wildman–Crippen MR) is 70.3 cm³/mol. The van der Waals surface area contributed by atoms with Gasteiger partial charge < -0.3 is 4.90 Å². The summed E-state index contributed by atoms with van der Waals surface area (Å²) in [5.74, 6) is -0.0833. The molecule has 1 aromatic heterocycles. The van der Waals surface area contributed by atoms with Gasteiger partial charge in [0, 0.05) is 12.7 Å². The van der Waals surface area contributed by atoms with Crippen LogP contribution in [0.2, 0.25) is 0 Å². The molecule has 18 heavy (non-hydrogen) atoms. The van der Waals surface area contributed by atoms with E-state index in [2.05, 4.69) is 4.98 Å². The molecule has 0 spiro atoms. The van der Waals surface area contributed by atoms with E-state index in [4.69, 9.17) is 0 Å². The molecule has 1 unspecified atom stereocenters. The summed E-state index contributed by atoms with van der Waals surface area (Å²) in [6.07, 6.45) is 3.25.